The fraction of sp³-hybridized carbons (Fsp3) is 0.500. The van der Waals surface area contributed by atoms with Crippen LogP contribution in [0.4, 0.5) is 5.69 Å². The van der Waals surface area contributed by atoms with E-state index < -0.39 is 0 Å². The Morgan fingerprint density at radius 2 is 1.79 bits per heavy atom. The number of nitrogens with two attached hydrogens (primary N) is 1. The lowest BCUT2D eigenvalue weighted by molar-refractivity contribution is 0.493. The second-order valence-electron chi connectivity index (χ2n) is 4.18. The molecule has 76 valence electrons. The third kappa shape index (κ3) is 1.90. The minimum Gasteiger partial charge on any atom is -0.378 e. The molecular formula is C12H18N2. The predicted octanol–water partition coefficient (Wildman–Crippen LogP) is 2.37. The molecule has 1 fully saturated rings. The molecule has 14 heavy (non-hydrogen) atoms. The Labute approximate surface area is 85.5 Å². The van der Waals surface area contributed by atoms with Gasteiger partial charge in [0.1, 0.15) is 0 Å². The summed E-state index contributed by atoms with van der Waals surface area (Å²) in [6, 6.07) is 10.4. The molecule has 0 unspecified atom stereocenters. The van der Waals surface area contributed by atoms with Crippen molar-refractivity contribution in [3.63, 3.8) is 0 Å². The average molecular weight is 190 g/mol. The highest BCUT2D eigenvalue weighted by atomic mass is 15.0. The molecule has 0 aliphatic heterocycles. The molecule has 0 spiro atoms. The van der Waals surface area contributed by atoms with Crippen LogP contribution in [0.5, 0.6) is 0 Å². The molecule has 1 aromatic carbocycles. The zero-order valence-corrected chi connectivity index (χ0v) is 8.50. The molecule has 3 N–H and O–H groups in total. The van der Waals surface area contributed by atoms with Crippen LogP contribution in [0.2, 0.25) is 0 Å². The Bertz CT molecular complexity index is 276. The summed E-state index contributed by atoms with van der Waals surface area (Å²) in [5.74, 6) is 0. The first-order chi connectivity index (χ1) is 6.85. The Hall–Kier alpha value is -1.02. The number of rotatable bonds is 3. The van der Waals surface area contributed by atoms with E-state index in [2.05, 4.69) is 29.6 Å². The molecule has 0 aromatic heterocycles. The molecule has 2 heteroatoms. The van der Waals surface area contributed by atoms with Crippen molar-refractivity contribution in [1.29, 1.82) is 0 Å². The highest BCUT2D eigenvalue weighted by Gasteiger charge is 2.31. The van der Waals surface area contributed by atoms with Crippen molar-refractivity contribution >= 4 is 5.69 Å². The molecule has 1 aliphatic carbocycles. The molecule has 0 radical (unpaired) electrons. The van der Waals surface area contributed by atoms with Gasteiger partial charge in [-0.05, 0) is 25.0 Å². The molecule has 0 bridgehead atoms. The largest absolute Gasteiger partial charge is 0.378 e. The van der Waals surface area contributed by atoms with Gasteiger partial charge in [0.05, 0.1) is 0 Å². The topological polar surface area (TPSA) is 38.0 Å². The molecule has 0 atom stereocenters. The fourth-order valence-electron chi connectivity index (χ4n) is 2.26. The van der Waals surface area contributed by atoms with Crippen molar-refractivity contribution in [2.45, 2.75) is 31.2 Å². The molecule has 1 aromatic rings. The third-order valence-corrected chi connectivity index (χ3v) is 3.13. The van der Waals surface area contributed by atoms with E-state index in [-0.39, 0.29) is 5.54 Å². The molecular weight excluding hydrogens is 172 g/mol. The average Bonchev–Trinajstić information content (AvgIpc) is 2.69. The van der Waals surface area contributed by atoms with Crippen LogP contribution in [0, 0.1) is 0 Å². The summed E-state index contributed by atoms with van der Waals surface area (Å²) in [4.78, 5) is 0. The van der Waals surface area contributed by atoms with E-state index in [9.17, 15) is 0 Å². The fourth-order valence-corrected chi connectivity index (χ4v) is 2.26. The zero-order chi connectivity index (χ0) is 9.86. The van der Waals surface area contributed by atoms with E-state index >= 15 is 0 Å². The lowest BCUT2D eigenvalue weighted by atomic mass is 9.97. The van der Waals surface area contributed by atoms with E-state index in [4.69, 9.17) is 5.73 Å². The summed E-state index contributed by atoms with van der Waals surface area (Å²) < 4.78 is 0. The minimum absolute atomic E-state index is 0.168. The lowest BCUT2D eigenvalue weighted by Crippen LogP contribution is -2.42. The Kier molecular flexibility index (Phi) is 2.73. The Morgan fingerprint density at radius 3 is 2.36 bits per heavy atom. The van der Waals surface area contributed by atoms with Crippen LogP contribution in [-0.2, 0) is 0 Å². The molecule has 1 aliphatic rings. The van der Waals surface area contributed by atoms with E-state index in [0.29, 0.717) is 0 Å². The van der Waals surface area contributed by atoms with Gasteiger partial charge in [0.25, 0.3) is 0 Å². The van der Waals surface area contributed by atoms with Crippen LogP contribution in [0.1, 0.15) is 25.7 Å². The second-order valence-corrected chi connectivity index (χ2v) is 4.18. The van der Waals surface area contributed by atoms with Gasteiger partial charge in [-0.25, -0.2) is 0 Å². The van der Waals surface area contributed by atoms with Gasteiger partial charge in [0.15, 0.2) is 0 Å². The van der Waals surface area contributed by atoms with Crippen molar-refractivity contribution in [3.05, 3.63) is 30.3 Å². The molecule has 2 nitrogen and oxygen atoms in total. The van der Waals surface area contributed by atoms with Crippen LogP contribution in [0.3, 0.4) is 0 Å². The maximum absolute atomic E-state index is 5.85. The number of para-hydroxylation sites is 1. The standard InChI is InChI=1S/C12H18N2/c13-10-12(8-4-5-9-12)14-11-6-2-1-3-7-11/h1-3,6-7,14H,4-5,8-10,13H2. The molecule has 1 saturated carbocycles. The first-order valence-corrected chi connectivity index (χ1v) is 5.38. The maximum atomic E-state index is 5.85. The van der Waals surface area contributed by atoms with Crippen molar-refractivity contribution in [1.82, 2.24) is 0 Å². The van der Waals surface area contributed by atoms with E-state index in [1.807, 2.05) is 6.07 Å². The van der Waals surface area contributed by atoms with E-state index in [1.54, 1.807) is 0 Å². The number of hydrogen-bond acceptors (Lipinski definition) is 2. The van der Waals surface area contributed by atoms with E-state index in [1.165, 1.54) is 31.4 Å². The van der Waals surface area contributed by atoms with Crippen molar-refractivity contribution < 1.29 is 0 Å². The van der Waals surface area contributed by atoms with Crippen LogP contribution in [-0.4, -0.2) is 12.1 Å². The summed E-state index contributed by atoms with van der Waals surface area (Å²) in [5.41, 5.74) is 7.22. The summed E-state index contributed by atoms with van der Waals surface area (Å²) in [6.07, 6.45) is 5.02. The van der Waals surface area contributed by atoms with Crippen molar-refractivity contribution in [2.75, 3.05) is 11.9 Å². The molecule has 0 saturated heterocycles. The first kappa shape index (κ1) is 9.53. The lowest BCUT2D eigenvalue weighted by Gasteiger charge is -2.30. The van der Waals surface area contributed by atoms with Gasteiger partial charge in [-0.1, -0.05) is 31.0 Å². The van der Waals surface area contributed by atoms with Crippen LogP contribution < -0.4 is 11.1 Å². The van der Waals surface area contributed by atoms with E-state index in [0.717, 1.165) is 6.54 Å². The number of benzene rings is 1. The van der Waals surface area contributed by atoms with Gasteiger partial charge in [0.2, 0.25) is 0 Å². The van der Waals surface area contributed by atoms with Crippen LogP contribution >= 0.6 is 0 Å². The first-order valence-electron chi connectivity index (χ1n) is 5.38. The van der Waals surface area contributed by atoms with Crippen LogP contribution in [0.15, 0.2) is 30.3 Å². The summed E-state index contributed by atoms with van der Waals surface area (Å²) >= 11 is 0. The maximum Gasteiger partial charge on any atom is 0.0495 e. The SMILES string of the molecule is NCC1(Nc2ccccc2)CCCC1. The normalized spacial score (nSPS) is 19.5. The second kappa shape index (κ2) is 4.01. The van der Waals surface area contributed by atoms with Gasteiger partial charge in [-0.3, -0.25) is 0 Å². The van der Waals surface area contributed by atoms with Gasteiger partial charge in [0, 0.05) is 17.8 Å². The van der Waals surface area contributed by atoms with Crippen molar-refractivity contribution in [2.24, 2.45) is 5.73 Å². The van der Waals surface area contributed by atoms with Gasteiger partial charge in [-0.15, -0.1) is 0 Å². The highest BCUT2D eigenvalue weighted by molar-refractivity contribution is 5.45. The molecule has 0 amide bonds. The highest BCUT2D eigenvalue weighted by Crippen LogP contribution is 2.31. The smallest absolute Gasteiger partial charge is 0.0495 e. The number of anilines is 1. The van der Waals surface area contributed by atoms with Crippen LogP contribution in [0.25, 0.3) is 0 Å². The number of nitrogens with one attached hydrogen (secondary N) is 1. The Morgan fingerprint density at radius 1 is 1.14 bits per heavy atom. The molecule has 0 heterocycles. The third-order valence-electron chi connectivity index (χ3n) is 3.13. The van der Waals surface area contributed by atoms with Gasteiger partial charge in [-0.2, -0.15) is 0 Å². The molecule has 2 rings (SSSR count). The van der Waals surface area contributed by atoms with Gasteiger partial charge < -0.3 is 11.1 Å². The Balaban J connectivity index is 2.08. The summed E-state index contributed by atoms with van der Waals surface area (Å²) in [5, 5.41) is 3.58. The summed E-state index contributed by atoms with van der Waals surface area (Å²) in [7, 11) is 0. The quantitative estimate of drug-likeness (QED) is 0.768. The summed E-state index contributed by atoms with van der Waals surface area (Å²) in [6.45, 7) is 0.738. The van der Waals surface area contributed by atoms with Gasteiger partial charge >= 0.3 is 0 Å². The zero-order valence-electron chi connectivity index (χ0n) is 8.50. The van der Waals surface area contributed by atoms with Crippen molar-refractivity contribution in [3.8, 4) is 0 Å². The predicted molar refractivity (Wildman–Crippen MR) is 60.3 cm³/mol. The minimum atomic E-state index is 0.168. The number of hydrogen-bond donors (Lipinski definition) is 2. The monoisotopic (exact) mass is 190 g/mol.